The predicted molar refractivity (Wildman–Crippen MR) is 61.3 cm³/mol. The van der Waals surface area contributed by atoms with E-state index in [0.29, 0.717) is 0 Å². The summed E-state index contributed by atoms with van der Waals surface area (Å²) in [6.45, 7) is 7.37. The molecule has 0 radical (unpaired) electrons. The van der Waals surface area contributed by atoms with Crippen molar-refractivity contribution in [2.24, 2.45) is 17.3 Å². The van der Waals surface area contributed by atoms with Crippen molar-refractivity contribution >= 4 is 0 Å². The minimum absolute atomic E-state index is 0.762. The van der Waals surface area contributed by atoms with E-state index in [2.05, 4.69) is 19.2 Å². The molecule has 1 nitrogen and oxygen atoms in total. The molecule has 1 N–H and O–H groups in total. The van der Waals surface area contributed by atoms with Gasteiger partial charge in [-0.1, -0.05) is 26.7 Å². The van der Waals surface area contributed by atoms with E-state index in [0.717, 1.165) is 17.3 Å². The van der Waals surface area contributed by atoms with E-state index in [4.69, 9.17) is 0 Å². The molecule has 0 bridgehead atoms. The SMILES string of the molecule is CCC1(CC2CNCCC2C)CCC1. The van der Waals surface area contributed by atoms with Crippen LogP contribution in [0, 0.1) is 17.3 Å². The van der Waals surface area contributed by atoms with Crippen molar-refractivity contribution in [3.63, 3.8) is 0 Å². The van der Waals surface area contributed by atoms with E-state index in [9.17, 15) is 0 Å². The van der Waals surface area contributed by atoms with Gasteiger partial charge in [-0.3, -0.25) is 0 Å². The highest BCUT2D eigenvalue weighted by atomic mass is 14.9. The zero-order valence-electron chi connectivity index (χ0n) is 9.81. The van der Waals surface area contributed by atoms with Crippen molar-refractivity contribution in [2.75, 3.05) is 13.1 Å². The Morgan fingerprint density at radius 2 is 2.14 bits per heavy atom. The van der Waals surface area contributed by atoms with Gasteiger partial charge >= 0.3 is 0 Å². The summed E-state index contributed by atoms with van der Waals surface area (Å²) in [4.78, 5) is 0. The third-order valence-electron chi connectivity index (χ3n) is 4.85. The number of piperidine rings is 1. The number of hydrogen-bond donors (Lipinski definition) is 1. The fourth-order valence-electron chi connectivity index (χ4n) is 3.26. The Labute approximate surface area is 88.7 Å². The smallest absolute Gasteiger partial charge is 0.00178 e. The molecule has 0 aromatic rings. The quantitative estimate of drug-likeness (QED) is 0.729. The van der Waals surface area contributed by atoms with Gasteiger partial charge in [-0.15, -0.1) is 0 Å². The van der Waals surface area contributed by atoms with Crippen molar-refractivity contribution in [1.29, 1.82) is 0 Å². The molecule has 0 amide bonds. The van der Waals surface area contributed by atoms with Crippen LogP contribution >= 0.6 is 0 Å². The summed E-state index contributed by atoms with van der Waals surface area (Å²) in [6, 6.07) is 0. The Morgan fingerprint density at radius 3 is 2.64 bits per heavy atom. The zero-order valence-corrected chi connectivity index (χ0v) is 9.81. The topological polar surface area (TPSA) is 12.0 Å². The van der Waals surface area contributed by atoms with Gasteiger partial charge in [0.15, 0.2) is 0 Å². The number of hydrogen-bond acceptors (Lipinski definition) is 1. The first-order chi connectivity index (χ1) is 6.76. The van der Waals surface area contributed by atoms with Gasteiger partial charge in [0.1, 0.15) is 0 Å². The minimum Gasteiger partial charge on any atom is -0.316 e. The molecule has 14 heavy (non-hydrogen) atoms. The monoisotopic (exact) mass is 195 g/mol. The second kappa shape index (κ2) is 4.22. The molecule has 0 aromatic carbocycles. The summed E-state index contributed by atoms with van der Waals surface area (Å²) in [5, 5.41) is 3.56. The molecule has 2 aliphatic rings. The van der Waals surface area contributed by atoms with Crippen molar-refractivity contribution in [3.05, 3.63) is 0 Å². The van der Waals surface area contributed by atoms with Crippen LogP contribution in [0.3, 0.4) is 0 Å². The molecule has 2 fully saturated rings. The maximum Gasteiger partial charge on any atom is -0.00178 e. The molecule has 2 unspecified atom stereocenters. The Hall–Kier alpha value is -0.0400. The summed E-state index contributed by atoms with van der Waals surface area (Å²) in [5.74, 6) is 1.92. The molecule has 1 aliphatic heterocycles. The highest BCUT2D eigenvalue weighted by Crippen LogP contribution is 2.49. The first-order valence-electron chi connectivity index (χ1n) is 6.46. The lowest BCUT2D eigenvalue weighted by molar-refractivity contribution is 0.0645. The molecule has 2 rings (SSSR count). The van der Waals surface area contributed by atoms with Crippen molar-refractivity contribution in [2.45, 2.75) is 52.4 Å². The van der Waals surface area contributed by atoms with Gasteiger partial charge in [0.05, 0.1) is 0 Å². The van der Waals surface area contributed by atoms with E-state index < -0.39 is 0 Å². The van der Waals surface area contributed by atoms with Crippen LogP contribution in [0.1, 0.15) is 52.4 Å². The Kier molecular flexibility index (Phi) is 3.16. The Morgan fingerprint density at radius 1 is 1.36 bits per heavy atom. The van der Waals surface area contributed by atoms with Gasteiger partial charge in [-0.25, -0.2) is 0 Å². The highest BCUT2D eigenvalue weighted by Gasteiger charge is 2.38. The zero-order chi connectivity index (χ0) is 10.0. The van der Waals surface area contributed by atoms with Crippen molar-refractivity contribution in [1.82, 2.24) is 5.32 Å². The largest absolute Gasteiger partial charge is 0.316 e. The minimum atomic E-state index is 0.762. The summed E-state index contributed by atoms with van der Waals surface area (Å²) in [6.07, 6.45) is 8.81. The standard InChI is InChI=1S/C13H25N/c1-3-13(6-4-7-13)9-12-10-14-8-5-11(12)2/h11-12,14H,3-10H2,1-2H3. The third-order valence-corrected chi connectivity index (χ3v) is 4.85. The summed E-state index contributed by atoms with van der Waals surface area (Å²) in [7, 11) is 0. The first kappa shape index (κ1) is 10.5. The van der Waals surface area contributed by atoms with E-state index in [1.54, 1.807) is 0 Å². The lowest BCUT2D eigenvalue weighted by atomic mass is 9.61. The van der Waals surface area contributed by atoms with E-state index in [1.807, 2.05) is 0 Å². The van der Waals surface area contributed by atoms with Gasteiger partial charge in [-0.2, -0.15) is 0 Å². The normalized spacial score (nSPS) is 36.4. The van der Waals surface area contributed by atoms with Crippen LogP contribution in [-0.4, -0.2) is 13.1 Å². The summed E-state index contributed by atoms with van der Waals surface area (Å²) in [5.41, 5.74) is 0.762. The van der Waals surface area contributed by atoms with E-state index in [-0.39, 0.29) is 0 Å². The number of rotatable bonds is 3. The van der Waals surface area contributed by atoms with E-state index >= 15 is 0 Å². The van der Waals surface area contributed by atoms with Crippen molar-refractivity contribution < 1.29 is 0 Å². The van der Waals surface area contributed by atoms with Crippen LogP contribution in [-0.2, 0) is 0 Å². The molecule has 2 atom stereocenters. The van der Waals surface area contributed by atoms with Crippen LogP contribution in [0.15, 0.2) is 0 Å². The van der Waals surface area contributed by atoms with E-state index in [1.165, 1.54) is 51.6 Å². The maximum atomic E-state index is 3.56. The summed E-state index contributed by atoms with van der Waals surface area (Å²) >= 11 is 0. The molecule has 82 valence electrons. The molecule has 1 saturated heterocycles. The van der Waals surface area contributed by atoms with Gasteiger partial charge < -0.3 is 5.32 Å². The van der Waals surface area contributed by atoms with Crippen LogP contribution in [0.25, 0.3) is 0 Å². The second-order valence-corrected chi connectivity index (χ2v) is 5.64. The fourth-order valence-corrected chi connectivity index (χ4v) is 3.26. The molecule has 1 heteroatoms. The molecular formula is C13H25N. The van der Waals surface area contributed by atoms with Gasteiger partial charge in [-0.05, 0) is 56.0 Å². The van der Waals surface area contributed by atoms with Gasteiger partial charge in [0.2, 0.25) is 0 Å². The highest BCUT2D eigenvalue weighted by molar-refractivity contribution is 4.90. The molecule has 1 heterocycles. The molecule has 0 aromatic heterocycles. The number of nitrogens with one attached hydrogen (secondary N) is 1. The Bertz CT molecular complexity index is 178. The van der Waals surface area contributed by atoms with Gasteiger partial charge in [0.25, 0.3) is 0 Å². The van der Waals surface area contributed by atoms with Crippen LogP contribution < -0.4 is 5.32 Å². The van der Waals surface area contributed by atoms with Crippen molar-refractivity contribution in [3.8, 4) is 0 Å². The fraction of sp³-hybridized carbons (Fsp3) is 1.00. The molecule has 0 spiro atoms. The molecular weight excluding hydrogens is 170 g/mol. The van der Waals surface area contributed by atoms with Gasteiger partial charge in [0, 0.05) is 0 Å². The van der Waals surface area contributed by atoms with Crippen LogP contribution in [0.2, 0.25) is 0 Å². The summed E-state index contributed by atoms with van der Waals surface area (Å²) < 4.78 is 0. The molecule has 1 aliphatic carbocycles. The first-order valence-corrected chi connectivity index (χ1v) is 6.46. The predicted octanol–water partition coefficient (Wildman–Crippen LogP) is 3.20. The van der Waals surface area contributed by atoms with Crippen LogP contribution in [0.5, 0.6) is 0 Å². The van der Waals surface area contributed by atoms with Crippen LogP contribution in [0.4, 0.5) is 0 Å². The lowest BCUT2D eigenvalue weighted by Gasteiger charge is -2.46. The lowest BCUT2D eigenvalue weighted by Crippen LogP contribution is -2.40. The average Bonchev–Trinajstić information content (AvgIpc) is 2.14. The average molecular weight is 195 g/mol. The third kappa shape index (κ3) is 1.98. The second-order valence-electron chi connectivity index (χ2n) is 5.64. The molecule has 1 saturated carbocycles. The maximum absolute atomic E-state index is 3.56. The Balaban J connectivity index is 1.88.